The maximum Gasteiger partial charge on any atom is 0.320 e. The molecule has 10 heteroatoms. The van der Waals surface area contributed by atoms with E-state index in [2.05, 4.69) is 10.4 Å². The molecule has 1 unspecified atom stereocenters. The van der Waals surface area contributed by atoms with Gasteiger partial charge in [0.25, 0.3) is 5.69 Å². The third-order valence-electron chi connectivity index (χ3n) is 5.83. The number of aryl methyl sites for hydroxylation is 1. The number of hydrogen-bond acceptors (Lipinski definition) is 5. The topological polar surface area (TPSA) is 114 Å². The molecule has 2 aliphatic heterocycles. The average molecular weight is 426 g/mol. The number of nitro groups is 1. The van der Waals surface area contributed by atoms with E-state index in [-0.39, 0.29) is 23.5 Å². The molecule has 2 aliphatic rings. The summed E-state index contributed by atoms with van der Waals surface area (Å²) in [5.74, 6) is 0.0575. The molecule has 2 saturated heterocycles. The summed E-state index contributed by atoms with van der Waals surface area (Å²) in [6.07, 6.45) is 3.59. The molecule has 4 rings (SSSR count). The van der Waals surface area contributed by atoms with Crippen LogP contribution in [0.15, 0.2) is 30.3 Å². The van der Waals surface area contributed by atoms with Crippen molar-refractivity contribution in [3.05, 3.63) is 46.1 Å². The van der Waals surface area contributed by atoms with Crippen LogP contribution in [0.3, 0.4) is 0 Å². The summed E-state index contributed by atoms with van der Waals surface area (Å²) in [6, 6.07) is 7.79. The lowest BCUT2D eigenvalue weighted by Crippen LogP contribution is -2.48. The van der Waals surface area contributed by atoms with Crippen molar-refractivity contribution in [1.82, 2.24) is 19.6 Å². The molecule has 1 N–H and O–H groups in total. The van der Waals surface area contributed by atoms with Crippen molar-refractivity contribution >= 4 is 23.4 Å². The first-order valence-corrected chi connectivity index (χ1v) is 10.6. The van der Waals surface area contributed by atoms with Gasteiger partial charge in [0.1, 0.15) is 5.82 Å². The molecular weight excluding hydrogens is 400 g/mol. The Hall–Kier alpha value is -3.43. The van der Waals surface area contributed by atoms with Crippen molar-refractivity contribution in [1.29, 1.82) is 0 Å². The van der Waals surface area contributed by atoms with Crippen molar-refractivity contribution in [3.63, 3.8) is 0 Å². The van der Waals surface area contributed by atoms with Gasteiger partial charge < -0.3 is 15.1 Å². The number of rotatable bonds is 4. The van der Waals surface area contributed by atoms with Crippen molar-refractivity contribution in [3.8, 4) is 5.69 Å². The van der Waals surface area contributed by atoms with Crippen molar-refractivity contribution in [2.75, 3.05) is 31.5 Å². The summed E-state index contributed by atoms with van der Waals surface area (Å²) in [4.78, 5) is 39.8. The number of non-ortho nitro benzene ring substituents is 1. The van der Waals surface area contributed by atoms with Gasteiger partial charge in [0.15, 0.2) is 0 Å². The molecule has 1 aromatic carbocycles. The number of amides is 3. The van der Waals surface area contributed by atoms with E-state index < -0.39 is 4.92 Å². The Morgan fingerprint density at radius 3 is 2.45 bits per heavy atom. The number of benzene rings is 1. The second-order valence-corrected chi connectivity index (χ2v) is 8.11. The molecule has 31 heavy (non-hydrogen) atoms. The summed E-state index contributed by atoms with van der Waals surface area (Å²) in [5.41, 5.74) is 1.31. The first-order chi connectivity index (χ1) is 14.9. The molecule has 0 bridgehead atoms. The smallest absolute Gasteiger partial charge is 0.320 e. The summed E-state index contributed by atoms with van der Waals surface area (Å²) in [6.45, 7) is 4.49. The average Bonchev–Trinajstić information content (AvgIpc) is 3.43. The lowest BCUT2D eigenvalue weighted by atomic mass is 9.97. The van der Waals surface area contributed by atoms with Gasteiger partial charge in [-0.25, -0.2) is 9.48 Å². The summed E-state index contributed by atoms with van der Waals surface area (Å²) in [5, 5.41) is 18.2. The molecule has 0 saturated carbocycles. The Morgan fingerprint density at radius 1 is 1.10 bits per heavy atom. The Labute approximate surface area is 180 Å². The molecule has 2 aromatic rings. The van der Waals surface area contributed by atoms with Crippen LogP contribution in [-0.2, 0) is 4.79 Å². The number of nitrogens with zero attached hydrogens (tertiary/aromatic N) is 5. The van der Waals surface area contributed by atoms with Crippen LogP contribution in [-0.4, -0.2) is 62.6 Å². The van der Waals surface area contributed by atoms with E-state index in [0.717, 1.165) is 38.8 Å². The van der Waals surface area contributed by atoms with Gasteiger partial charge in [-0.3, -0.25) is 14.9 Å². The minimum atomic E-state index is -0.459. The first-order valence-electron chi connectivity index (χ1n) is 10.6. The van der Waals surface area contributed by atoms with Crippen LogP contribution in [0.4, 0.5) is 16.3 Å². The Balaban J connectivity index is 1.46. The van der Waals surface area contributed by atoms with Gasteiger partial charge >= 0.3 is 6.03 Å². The van der Waals surface area contributed by atoms with E-state index in [9.17, 15) is 19.7 Å². The number of urea groups is 1. The van der Waals surface area contributed by atoms with E-state index in [1.165, 1.54) is 12.1 Å². The highest BCUT2D eigenvalue weighted by atomic mass is 16.6. The minimum Gasteiger partial charge on any atom is -0.325 e. The first kappa shape index (κ1) is 20.8. The number of carbonyl (C=O) groups excluding carboxylic acids is 2. The van der Waals surface area contributed by atoms with Crippen molar-refractivity contribution in [2.45, 2.75) is 32.6 Å². The zero-order valence-electron chi connectivity index (χ0n) is 17.5. The second kappa shape index (κ2) is 8.75. The van der Waals surface area contributed by atoms with Gasteiger partial charge in [-0.1, -0.05) is 0 Å². The molecule has 164 valence electrons. The van der Waals surface area contributed by atoms with E-state index in [1.54, 1.807) is 27.8 Å². The van der Waals surface area contributed by atoms with Crippen molar-refractivity contribution < 1.29 is 14.5 Å². The molecule has 3 amide bonds. The van der Waals surface area contributed by atoms with Crippen LogP contribution in [0.25, 0.3) is 5.69 Å². The largest absolute Gasteiger partial charge is 0.325 e. The predicted molar refractivity (Wildman–Crippen MR) is 114 cm³/mol. The van der Waals surface area contributed by atoms with Crippen LogP contribution < -0.4 is 5.32 Å². The molecule has 10 nitrogen and oxygen atoms in total. The molecule has 1 atom stereocenters. The predicted octanol–water partition coefficient (Wildman–Crippen LogP) is 2.96. The number of anilines is 1. The van der Waals surface area contributed by atoms with Crippen LogP contribution in [0.5, 0.6) is 0 Å². The highest BCUT2D eigenvalue weighted by Gasteiger charge is 2.32. The normalized spacial score (nSPS) is 18.8. The van der Waals surface area contributed by atoms with E-state index in [1.807, 2.05) is 11.8 Å². The van der Waals surface area contributed by atoms with Gasteiger partial charge in [-0.15, -0.1) is 0 Å². The van der Waals surface area contributed by atoms with Gasteiger partial charge in [-0.2, -0.15) is 5.10 Å². The number of nitro benzene ring substituents is 1. The summed E-state index contributed by atoms with van der Waals surface area (Å²) < 4.78 is 1.56. The van der Waals surface area contributed by atoms with Gasteiger partial charge in [-0.05, 0) is 44.7 Å². The fraction of sp³-hybridized carbons (Fsp3) is 0.476. The number of aromatic nitrogens is 2. The lowest BCUT2D eigenvalue weighted by Gasteiger charge is -2.34. The van der Waals surface area contributed by atoms with E-state index in [4.69, 9.17) is 0 Å². The Bertz CT molecular complexity index is 980. The minimum absolute atomic E-state index is 0.0109. The van der Waals surface area contributed by atoms with Gasteiger partial charge in [0, 0.05) is 44.4 Å². The highest BCUT2D eigenvalue weighted by molar-refractivity contribution is 5.92. The quantitative estimate of drug-likeness (QED) is 0.596. The monoisotopic (exact) mass is 426 g/mol. The maximum absolute atomic E-state index is 13.0. The van der Waals surface area contributed by atoms with E-state index >= 15 is 0 Å². The lowest BCUT2D eigenvalue weighted by molar-refractivity contribution is -0.384. The van der Waals surface area contributed by atoms with Gasteiger partial charge in [0.05, 0.1) is 22.2 Å². The van der Waals surface area contributed by atoms with Crippen LogP contribution in [0.1, 0.15) is 31.4 Å². The van der Waals surface area contributed by atoms with E-state index in [0.29, 0.717) is 30.3 Å². The fourth-order valence-electron chi connectivity index (χ4n) is 4.20. The van der Waals surface area contributed by atoms with Crippen LogP contribution in [0, 0.1) is 23.0 Å². The Kier molecular flexibility index (Phi) is 5.88. The highest BCUT2D eigenvalue weighted by Crippen LogP contribution is 2.24. The van der Waals surface area contributed by atoms with Crippen molar-refractivity contribution in [2.24, 2.45) is 5.92 Å². The molecule has 0 aliphatic carbocycles. The third-order valence-corrected chi connectivity index (χ3v) is 5.83. The third kappa shape index (κ3) is 4.52. The molecule has 3 heterocycles. The number of piperidine rings is 1. The molecule has 2 fully saturated rings. The molecule has 1 aromatic heterocycles. The second-order valence-electron chi connectivity index (χ2n) is 8.11. The molecule has 0 spiro atoms. The standard InChI is InChI=1S/C21H26N6O4/c1-15-13-19(26(23-15)17-6-8-18(9-7-17)27(30)31)22-20(28)16-5-4-12-25(14-16)21(29)24-10-2-3-11-24/h6-9,13,16H,2-5,10-12,14H2,1H3,(H,22,28). The summed E-state index contributed by atoms with van der Waals surface area (Å²) >= 11 is 0. The number of nitrogens with one attached hydrogen (secondary N) is 1. The number of hydrogen-bond donors (Lipinski definition) is 1. The van der Waals surface area contributed by atoms with Gasteiger partial charge in [0.2, 0.25) is 5.91 Å². The molecular formula is C21H26N6O4. The fourth-order valence-corrected chi connectivity index (χ4v) is 4.20. The SMILES string of the molecule is Cc1cc(NC(=O)C2CCCN(C(=O)N3CCCC3)C2)n(-c2ccc([N+](=O)[O-])cc2)n1. The molecule has 0 radical (unpaired) electrons. The zero-order chi connectivity index (χ0) is 22.0. The number of likely N-dealkylation sites (tertiary alicyclic amines) is 2. The zero-order valence-corrected chi connectivity index (χ0v) is 17.5. The number of carbonyl (C=O) groups is 2. The maximum atomic E-state index is 13.0. The Morgan fingerprint density at radius 2 is 1.77 bits per heavy atom. The van der Waals surface area contributed by atoms with Crippen LogP contribution >= 0.6 is 0 Å². The summed E-state index contributed by atoms with van der Waals surface area (Å²) in [7, 11) is 0. The van der Waals surface area contributed by atoms with Crippen LogP contribution in [0.2, 0.25) is 0 Å².